The van der Waals surface area contributed by atoms with Crippen molar-refractivity contribution in [3.05, 3.63) is 77.1 Å². The summed E-state index contributed by atoms with van der Waals surface area (Å²) in [6.07, 6.45) is 9.49. The SMILES string of the molecule is C=CCCc1nc2ccc(-c3cnc(C4(N)CCC4)nc3)nc2n1Cc1c(Br)cccc1OC(F)F. The van der Waals surface area contributed by atoms with Gasteiger partial charge in [-0.2, -0.15) is 8.78 Å². The van der Waals surface area contributed by atoms with Crippen molar-refractivity contribution in [2.75, 3.05) is 0 Å². The van der Waals surface area contributed by atoms with E-state index in [9.17, 15) is 8.78 Å². The van der Waals surface area contributed by atoms with Crippen LogP contribution in [0.15, 0.2) is 59.9 Å². The molecule has 1 fully saturated rings. The zero-order chi connectivity index (χ0) is 25.3. The van der Waals surface area contributed by atoms with Crippen LogP contribution in [0, 0.1) is 0 Å². The predicted octanol–water partition coefficient (Wildman–Crippen LogP) is 5.76. The van der Waals surface area contributed by atoms with Crippen molar-refractivity contribution in [2.45, 2.75) is 50.8 Å². The molecule has 0 unspecified atom stereocenters. The number of alkyl halides is 2. The number of fused-ring (bicyclic) bond motifs is 1. The van der Waals surface area contributed by atoms with Crippen LogP contribution in [0.1, 0.15) is 42.9 Å². The summed E-state index contributed by atoms with van der Waals surface area (Å²) in [6, 6.07) is 8.75. The van der Waals surface area contributed by atoms with Gasteiger partial charge in [0, 0.05) is 34.4 Å². The van der Waals surface area contributed by atoms with E-state index in [0.717, 1.165) is 30.7 Å². The van der Waals surface area contributed by atoms with Crippen molar-refractivity contribution in [3.63, 3.8) is 0 Å². The molecule has 10 heteroatoms. The van der Waals surface area contributed by atoms with E-state index in [2.05, 4.69) is 32.5 Å². The van der Waals surface area contributed by atoms with Gasteiger partial charge in [0.2, 0.25) is 0 Å². The molecule has 3 aromatic heterocycles. The maximum absolute atomic E-state index is 13.1. The molecule has 36 heavy (non-hydrogen) atoms. The molecule has 3 heterocycles. The molecule has 4 aromatic rings. The fraction of sp³-hybridized carbons (Fsp3) is 0.308. The third kappa shape index (κ3) is 4.75. The van der Waals surface area contributed by atoms with Gasteiger partial charge in [-0.3, -0.25) is 0 Å². The van der Waals surface area contributed by atoms with Crippen LogP contribution in [0.4, 0.5) is 8.78 Å². The van der Waals surface area contributed by atoms with E-state index in [-0.39, 0.29) is 12.3 Å². The largest absolute Gasteiger partial charge is 0.434 e. The number of nitrogens with zero attached hydrogens (tertiary/aromatic N) is 5. The third-order valence-corrected chi connectivity index (χ3v) is 7.23. The Labute approximate surface area is 215 Å². The Morgan fingerprint density at radius 1 is 1.17 bits per heavy atom. The number of pyridine rings is 1. The molecule has 0 amide bonds. The van der Waals surface area contributed by atoms with Gasteiger partial charge in [0.15, 0.2) is 5.65 Å². The van der Waals surface area contributed by atoms with Gasteiger partial charge in [0.25, 0.3) is 0 Å². The average Bonchev–Trinajstić information content (AvgIpc) is 3.19. The average molecular weight is 555 g/mol. The van der Waals surface area contributed by atoms with Gasteiger partial charge in [-0.1, -0.05) is 28.1 Å². The zero-order valence-corrected chi connectivity index (χ0v) is 21.1. The number of benzene rings is 1. The number of hydrogen-bond acceptors (Lipinski definition) is 6. The number of allylic oxidation sites excluding steroid dienone is 1. The topological polar surface area (TPSA) is 91.7 Å². The zero-order valence-electron chi connectivity index (χ0n) is 19.5. The minimum atomic E-state index is -2.93. The minimum Gasteiger partial charge on any atom is -0.434 e. The lowest BCUT2D eigenvalue weighted by Crippen LogP contribution is -2.44. The number of halogens is 3. The number of imidazole rings is 1. The highest BCUT2D eigenvalue weighted by atomic mass is 79.9. The Morgan fingerprint density at radius 2 is 1.94 bits per heavy atom. The third-order valence-electron chi connectivity index (χ3n) is 6.49. The number of hydrogen-bond donors (Lipinski definition) is 1. The molecule has 1 aliphatic carbocycles. The molecule has 0 radical (unpaired) electrons. The van der Waals surface area contributed by atoms with Crippen LogP contribution in [-0.2, 0) is 18.5 Å². The summed E-state index contributed by atoms with van der Waals surface area (Å²) in [6.45, 7) is 1.12. The molecule has 0 saturated heterocycles. The summed E-state index contributed by atoms with van der Waals surface area (Å²) in [5.74, 6) is 1.52. The summed E-state index contributed by atoms with van der Waals surface area (Å²) >= 11 is 3.49. The summed E-state index contributed by atoms with van der Waals surface area (Å²) in [7, 11) is 0. The molecule has 0 bridgehead atoms. The van der Waals surface area contributed by atoms with Crippen LogP contribution in [0.25, 0.3) is 22.4 Å². The first-order valence-electron chi connectivity index (χ1n) is 11.7. The van der Waals surface area contributed by atoms with Crippen LogP contribution in [0.2, 0.25) is 0 Å². The normalized spacial score (nSPS) is 14.7. The Kier molecular flexibility index (Phi) is 6.81. The van der Waals surface area contributed by atoms with E-state index in [0.29, 0.717) is 45.6 Å². The monoisotopic (exact) mass is 554 g/mol. The second-order valence-corrected chi connectivity index (χ2v) is 9.74. The van der Waals surface area contributed by atoms with Crippen molar-refractivity contribution in [1.29, 1.82) is 0 Å². The summed E-state index contributed by atoms with van der Waals surface area (Å²) in [4.78, 5) is 18.7. The number of nitrogens with two attached hydrogens (primary N) is 1. The Hall–Kier alpha value is -3.24. The van der Waals surface area contributed by atoms with Crippen molar-refractivity contribution < 1.29 is 13.5 Å². The molecule has 1 saturated carbocycles. The molecular weight excluding hydrogens is 530 g/mol. The van der Waals surface area contributed by atoms with Crippen LogP contribution in [0.5, 0.6) is 5.75 Å². The van der Waals surface area contributed by atoms with Gasteiger partial charge in [-0.05, 0) is 49.9 Å². The molecule has 0 aliphatic heterocycles. The lowest BCUT2D eigenvalue weighted by atomic mass is 9.77. The van der Waals surface area contributed by atoms with Crippen LogP contribution >= 0.6 is 15.9 Å². The maximum atomic E-state index is 13.1. The first kappa shape index (κ1) is 24.5. The predicted molar refractivity (Wildman–Crippen MR) is 137 cm³/mol. The molecular formula is C26H25BrF2N6O. The van der Waals surface area contributed by atoms with Gasteiger partial charge < -0.3 is 15.0 Å². The standard InChI is InChI=1S/C26H25BrF2N6O/c1-2-3-8-22-33-20-10-9-19(16-13-31-24(32-14-16)26(30)11-5-12-26)34-23(20)35(22)15-17-18(27)6-4-7-21(17)36-25(28)29/h2,4,6-7,9-10,13-14,25H,1,3,5,8,11-12,15,30H2. The number of aromatic nitrogens is 5. The molecule has 2 N–H and O–H groups in total. The van der Waals surface area contributed by atoms with Gasteiger partial charge in [0.05, 0.1) is 17.8 Å². The second-order valence-electron chi connectivity index (χ2n) is 8.88. The molecule has 0 atom stereocenters. The summed E-state index contributed by atoms with van der Waals surface area (Å²) < 4.78 is 33.5. The second kappa shape index (κ2) is 10.0. The van der Waals surface area contributed by atoms with Crippen molar-refractivity contribution in [1.82, 2.24) is 24.5 Å². The highest BCUT2D eigenvalue weighted by molar-refractivity contribution is 9.10. The van der Waals surface area contributed by atoms with E-state index in [4.69, 9.17) is 20.4 Å². The molecule has 1 aromatic carbocycles. The molecule has 186 valence electrons. The van der Waals surface area contributed by atoms with Gasteiger partial charge >= 0.3 is 6.61 Å². The van der Waals surface area contributed by atoms with Crippen molar-refractivity contribution >= 4 is 27.1 Å². The fourth-order valence-electron chi connectivity index (χ4n) is 4.35. The van der Waals surface area contributed by atoms with Gasteiger partial charge in [0.1, 0.15) is 22.9 Å². The van der Waals surface area contributed by atoms with Crippen LogP contribution in [-0.4, -0.2) is 31.1 Å². The molecule has 5 rings (SSSR count). The van der Waals surface area contributed by atoms with Crippen LogP contribution < -0.4 is 10.5 Å². The highest BCUT2D eigenvalue weighted by Crippen LogP contribution is 2.37. The van der Waals surface area contributed by atoms with E-state index in [1.807, 2.05) is 22.8 Å². The Bertz CT molecular complexity index is 1400. The van der Waals surface area contributed by atoms with E-state index in [1.54, 1.807) is 24.5 Å². The highest BCUT2D eigenvalue weighted by Gasteiger charge is 2.37. The quantitative estimate of drug-likeness (QED) is 0.264. The minimum absolute atomic E-state index is 0.0998. The van der Waals surface area contributed by atoms with Gasteiger partial charge in [-0.15, -0.1) is 6.58 Å². The lowest BCUT2D eigenvalue weighted by Gasteiger charge is -2.36. The first-order valence-corrected chi connectivity index (χ1v) is 12.5. The molecule has 1 aliphatic rings. The Morgan fingerprint density at radius 3 is 2.61 bits per heavy atom. The van der Waals surface area contributed by atoms with Gasteiger partial charge in [-0.25, -0.2) is 19.9 Å². The van der Waals surface area contributed by atoms with Crippen LogP contribution in [0.3, 0.4) is 0 Å². The lowest BCUT2D eigenvalue weighted by molar-refractivity contribution is -0.0505. The summed E-state index contributed by atoms with van der Waals surface area (Å²) in [5, 5.41) is 0. The number of ether oxygens (including phenoxy) is 1. The first-order chi connectivity index (χ1) is 17.4. The fourth-order valence-corrected chi connectivity index (χ4v) is 4.83. The smallest absolute Gasteiger partial charge is 0.387 e. The van der Waals surface area contributed by atoms with Crippen molar-refractivity contribution in [3.8, 4) is 17.0 Å². The Balaban J connectivity index is 1.56. The summed E-state index contributed by atoms with van der Waals surface area (Å²) in [5.41, 5.74) is 9.27. The van der Waals surface area contributed by atoms with Crippen molar-refractivity contribution in [2.24, 2.45) is 5.73 Å². The van der Waals surface area contributed by atoms with E-state index in [1.165, 1.54) is 6.07 Å². The number of rotatable bonds is 9. The maximum Gasteiger partial charge on any atom is 0.387 e. The van der Waals surface area contributed by atoms with E-state index < -0.39 is 12.2 Å². The van der Waals surface area contributed by atoms with E-state index >= 15 is 0 Å². The molecule has 7 nitrogen and oxygen atoms in total. The number of aryl methyl sites for hydroxylation is 1. The molecule has 0 spiro atoms.